The van der Waals surface area contributed by atoms with Crippen LogP contribution in [0.4, 0.5) is 0 Å². The number of benzene rings is 1. The summed E-state index contributed by atoms with van der Waals surface area (Å²) in [5.41, 5.74) is 5.12. The molecule has 1 heterocycles. The molecule has 3 N–H and O–H groups in total. The average Bonchev–Trinajstić information content (AvgIpc) is 2.69. The second-order valence-corrected chi connectivity index (χ2v) is 5.97. The molecule has 0 spiro atoms. The lowest BCUT2D eigenvalue weighted by Gasteiger charge is -2.18. The molecule has 5 heteroatoms. The first-order valence-corrected chi connectivity index (χ1v) is 7.13. The molecular weight excluding hydrogens is 320 g/mol. The second-order valence-electron chi connectivity index (χ2n) is 3.73. The molecule has 0 saturated carbocycles. The zero-order valence-electron chi connectivity index (χ0n) is 9.21. The minimum absolute atomic E-state index is 0.0124. The predicted octanol–water partition coefficient (Wildman–Crippen LogP) is 4.03. The molecule has 0 aliphatic rings. The van der Waals surface area contributed by atoms with Gasteiger partial charge >= 0.3 is 0 Å². The van der Waals surface area contributed by atoms with Crippen molar-refractivity contribution in [1.82, 2.24) is 5.43 Å². The van der Waals surface area contributed by atoms with Crippen LogP contribution in [-0.4, -0.2) is 0 Å². The number of hydrogen-bond donors (Lipinski definition) is 2. The van der Waals surface area contributed by atoms with Gasteiger partial charge in [-0.15, -0.1) is 11.3 Å². The molecule has 0 bridgehead atoms. The topological polar surface area (TPSA) is 38.0 Å². The summed E-state index contributed by atoms with van der Waals surface area (Å²) < 4.78 is 1.07. The number of halogens is 2. The molecule has 1 atom stereocenters. The Morgan fingerprint density at radius 3 is 2.71 bits per heavy atom. The Hall–Kier alpha value is -0.390. The van der Waals surface area contributed by atoms with Crippen molar-refractivity contribution < 1.29 is 0 Å². The zero-order valence-corrected chi connectivity index (χ0v) is 12.4. The van der Waals surface area contributed by atoms with Gasteiger partial charge in [0, 0.05) is 14.4 Å². The number of aryl methyl sites for hydroxylation is 1. The van der Waals surface area contributed by atoms with Crippen molar-refractivity contribution in [2.24, 2.45) is 5.84 Å². The molecule has 0 aliphatic heterocycles. The molecule has 0 amide bonds. The van der Waals surface area contributed by atoms with E-state index in [1.54, 1.807) is 11.3 Å². The van der Waals surface area contributed by atoms with Gasteiger partial charge in [-0.2, -0.15) is 0 Å². The number of hydrazine groups is 1. The van der Waals surface area contributed by atoms with E-state index in [-0.39, 0.29) is 6.04 Å². The Kier molecular flexibility index (Phi) is 4.22. The largest absolute Gasteiger partial charge is 0.271 e. The Balaban J connectivity index is 2.46. The molecular formula is C12H12BrClN2S. The van der Waals surface area contributed by atoms with Gasteiger partial charge in [-0.05, 0) is 57.6 Å². The molecule has 1 aromatic carbocycles. The lowest BCUT2D eigenvalue weighted by molar-refractivity contribution is 0.641. The zero-order chi connectivity index (χ0) is 12.4. The maximum atomic E-state index is 5.96. The summed E-state index contributed by atoms with van der Waals surface area (Å²) >= 11 is 11.2. The molecule has 0 radical (unpaired) electrons. The standard InChI is InChI=1S/C12H12BrClN2S/c1-7-6-8(14)2-3-9(7)11(16-15)12-10(13)4-5-17-12/h2-6,11,16H,15H2,1H3. The van der Waals surface area contributed by atoms with Gasteiger partial charge in [0.15, 0.2) is 0 Å². The van der Waals surface area contributed by atoms with Gasteiger partial charge in [0.1, 0.15) is 0 Å². The van der Waals surface area contributed by atoms with E-state index in [1.165, 1.54) is 0 Å². The summed E-state index contributed by atoms with van der Waals surface area (Å²) in [6.45, 7) is 2.03. The van der Waals surface area contributed by atoms with Gasteiger partial charge in [-0.3, -0.25) is 5.84 Å². The fourth-order valence-corrected chi connectivity index (χ4v) is 3.69. The van der Waals surface area contributed by atoms with Crippen molar-refractivity contribution in [1.29, 1.82) is 0 Å². The highest BCUT2D eigenvalue weighted by atomic mass is 79.9. The van der Waals surface area contributed by atoms with Crippen LogP contribution in [0.5, 0.6) is 0 Å². The molecule has 2 rings (SSSR count). The van der Waals surface area contributed by atoms with E-state index in [1.807, 2.05) is 36.6 Å². The summed E-state index contributed by atoms with van der Waals surface area (Å²) in [6, 6.07) is 7.85. The van der Waals surface area contributed by atoms with Crippen LogP contribution in [0.3, 0.4) is 0 Å². The molecule has 90 valence electrons. The minimum Gasteiger partial charge on any atom is -0.271 e. The lowest BCUT2D eigenvalue weighted by atomic mass is 10.0. The molecule has 2 aromatic rings. The van der Waals surface area contributed by atoms with Crippen molar-refractivity contribution in [3.8, 4) is 0 Å². The number of hydrogen-bond acceptors (Lipinski definition) is 3. The van der Waals surface area contributed by atoms with Gasteiger partial charge in [-0.1, -0.05) is 17.7 Å². The van der Waals surface area contributed by atoms with Gasteiger partial charge < -0.3 is 0 Å². The highest BCUT2D eigenvalue weighted by Gasteiger charge is 2.18. The summed E-state index contributed by atoms with van der Waals surface area (Å²) in [5.74, 6) is 5.67. The summed E-state index contributed by atoms with van der Waals surface area (Å²) in [4.78, 5) is 1.16. The van der Waals surface area contributed by atoms with E-state index in [0.717, 1.165) is 25.5 Å². The summed E-state index contributed by atoms with van der Waals surface area (Å²) in [6.07, 6.45) is 0. The minimum atomic E-state index is -0.0124. The molecule has 0 saturated heterocycles. The van der Waals surface area contributed by atoms with E-state index < -0.39 is 0 Å². The Labute approximate surface area is 118 Å². The van der Waals surface area contributed by atoms with Crippen LogP contribution in [0.25, 0.3) is 0 Å². The molecule has 1 aromatic heterocycles. The van der Waals surface area contributed by atoms with Crippen LogP contribution in [0, 0.1) is 6.92 Å². The monoisotopic (exact) mass is 330 g/mol. The van der Waals surface area contributed by atoms with Crippen molar-refractivity contribution >= 4 is 38.9 Å². The maximum Gasteiger partial charge on any atom is 0.0816 e. The fourth-order valence-electron chi connectivity index (χ4n) is 1.78. The molecule has 0 fully saturated rings. The third-order valence-corrected chi connectivity index (χ3v) is 4.79. The van der Waals surface area contributed by atoms with Crippen LogP contribution in [0.1, 0.15) is 22.0 Å². The summed E-state index contributed by atoms with van der Waals surface area (Å²) in [5, 5.41) is 2.78. The van der Waals surface area contributed by atoms with Gasteiger partial charge in [-0.25, -0.2) is 5.43 Å². The summed E-state index contributed by atoms with van der Waals surface area (Å²) in [7, 11) is 0. The Morgan fingerprint density at radius 2 is 2.18 bits per heavy atom. The van der Waals surface area contributed by atoms with Crippen LogP contribution < -0.4 is 11.3 Å². The van der Waals surface area contributed by atoms with Crippen LogP contribution in [0.15, 0.2) is 34.1 Å². The van der Waals surface area contributed by atoms with Gasteiger partial charge in [0.05, 0.1) is 6.04 Å². The number of nitrogens with one attached hydrogen (secondary N) is 1. The van der Waals surface area contributed by atoms with E-state index in [4.69, 9.17) is 17.4 Å². The molecule has 17 heavy (non-hydrogen) atoms. The number of thiophene rings is 1. The molecule has 0 aliphatic carbocycles. The first-order chi connectivity index (χ1) is 8.13. The van der Waals surface area contributed by atoms with Crippen LogP contribution in [0.2, 0.25) is 5.02 Å². The maximum absolute atomic E-state index is 5.96. The van der Waals surface area contributed by atoms with Gasteiger partial charge in [0.2, 0.25) is 0 Å². The second kappa shape index (κ2) is 5.50. The van der Waals surface area contributed by atoms with Crippen LogP contribution >= 0.6 is 38.9 Å². The van der Waals surface area contributed by atoms with Crippen molar-refractivity contribution in [2.75, 3.05) is 0 Å². The highest BCUT2D eigenvalue weighted by molar-refractivity contribution is 9.10. The van der Waals surface area contributed by atoms with E-state index in [2.05, 4.69) is 21.4 Å². The highest BCUT2D eigenvalue weighted by Crippen LogP contribution is 2.34. The fraction of sp³-hybridized carbons (Fsp3) is 0.167. The third-order valence-electron chi connectivity index (χ3n) is 2.62. The molecule has 2 nitrogen and oxygen atoms in total. The quantitative estimate of drug-likeness (QED) is 0.658. The van der Waals surface area contributed by atoms with Gasteiger partial charge in [0.25, 0.3) is 0 Å². The first kappa shape index (κ1) is 13.1. The molecule has 1 unspecified atom stereocenters. The van der Waals surface area contributed by atoms with E-state index in [9.17, 15) is 0 Å². The van der Waals surface area contributed by atoms with Crippen LogP contribution in [-0.2, 0) is 0 Å². The van der Waals surface area contributed by atoms with Crippen molar-refractivity contribution in [2.45, 2.75) is 13.0 Å². The SMILES string of the molecule is Cc1cc(Cl)ccc1C(NN)c1sccc1Br. The Bertz CT molecular complexity index is 527. The van der Waals surface area contributed by atoms with Crippen molar-refractivity contribution in [3.05, 3.63) is 55.1 Å². The average molecular weight is 332 g/mol. The lowest BCUT2D eigenvalue weighted by Crippen LogP contribution is -2.29. The first-order valence-electron chi connectivity index (χ1n) is 5.08. The number of nitrogens with two attached hydrogens (primary N) is 1. The normalized spacial score (nSPS) is 12.7. The number of rotatable bonds is 3. The van der Waals surface area contributed by atoms with Crippen molar-refractivity contribution in [3.63, 3.8) is 0 Å². The van der Waals surface area contributed by atoms with E-state index in [0.29, 0.717) is 0 Å². The Morgan fingerprint density at radius 1 is 1.41 bits per heavy atom. The van der Waals surface area contributed by atoms with E-state index >= 15 is 0 Å². The predicted molar refractivity (Wildman–Crippen MR) is 77.4 cm³/mol. The third kappa shape index (κ3) is 2.72. The smallest absolute Gasteiger partial charge is 0.0816 e.